The largest absolute Gasteiger partial charge is 0.459 e. The van der Waals surface area contributed by atoms with Crippen molar-refractivity contribution in [2.45, 2.75) is 25.7 Å². The van der Waals surface area contributed by atoms with E-state index < -0.39 is 0 Å². The number of hydrogen-bond donors (Lipinski definition) is 1. The Balaban J connectivity index is 1.42. The second-order valence-electron chi connectivity index (χ2n) is 6.83. The number of furan rings is 1. The van der Waals surface area contributed by atoms with Crippen molar-refractivity contribution in [2.75, 3.05) is 18.4 Å². The highest BCUT2D eigenvalue weighted by atomic mass is 32.1. The van der Waals surface area contributed by atoms with Gasteiger partial charge in [0.15, 0.2) is 5.76 Å². The molecule has 0 spiro atoms. The van der Waals surface area contributed by atoms with Crippen molar-refractivity contribution in [3.05, 3.63) is 64.0 Å². The molecule has 4 rings (SSSR count). The smallest absolute Gasteiger partial charge is 0.289 e. The number of nitrogens with one attached hydrogen (secondary N) is 1. The molecule has 0 saturated carbocycles. The number of hydrogen-bond acceptors (Lipinski definition) is 6. The molecular formula is C20H20N4O3S. The number of amides is 2. The Morgan fingerprint density at radius 3 is 2.79 bits per heavy atom. The Kier molecular flexibility index (Phi) is 5.21. The third-order valence-corrected chi connectivity index (χ3v) is 5.82. The SMILES string of the molecule is Cc1ccc(NC(=O)c2nnc([C@@H]3CCCN(C(=O)c4ccco4)C3)s2)cc1. The lowest BCUT2D eigenvalue weighted by atomic mass is 9.98. The molecule has 2 amide bonds. The minimum atomic E-state index is -0.271. The molecule has 1 aliphatic heterocycles. The van der Waals surface area contributed by atoms with Gasteiger partial charge in [-0.3, -0.25) is 9.59 Å². The molecule has 3 aromatic rings. The maximum atomic E-state index is 12.5. The van der Waals surface area contributed by atoms with E-state index in [1.165, 1.54) is 17.6 Å². The maximum absolute atomic E-state index is 12.5. The van der Waals surface area contributed by atoms with Crippen LogP contribution < -0.4 is 5.32 Å². The molecule has 144 valence electrons. The van der Waals surface area contributed by atoms with Crippen LogP contribution in [0.25, 0.3) is 0 Å². The van der Waals surface area contributed by atoms with Gasteiger partial charge in [0, 0.05) is 24.7 Å². The van der Waals surface area contributed by atoms with Crippen LogP contribution >= 0.6 is 11.3 Å². The fraction of sp³-hybridized carbons (Fsp3) is 0.300. The Morgan fingerprint density at radius 1 is 1.21 bits per heavy atom. The highest BCUT2D eigenvalue weighted by Crippen LogP contribution is 2.30. The number of carbonyl (C=O) groups is 2. The van der Waals surface area contributed by atoms with Crippen molar-refractivity contribution in [3.8, 4) is 0 Å². The van der Waals surface area contributed by atoms with Crippen molar-refractivity contribution in [1.29, 1.82) is 0 Å². The van der Waals surface area contributed by atoms with Gasteiger partial charge >= 0.3 is 0 Å². The van der Waals surface area contributed by atoms with Gasteiger partial charge in [-0.05, 0) is 44.0 Å². The van der Waals surface area contributed by atoms with Crippen LogP contribution in [0.4, 0.5) is 5.69 Å². The van der Waals surface area contributed by atoms with E-state index in [1.54, 1.807) is 17.0 Å². The van der Waals surface area contributed by atoms with Gasteiger partial charge in [-0.1, -0.05) is 29.0 Å². The second kappa shape index (κ2) is 7.93. The third kappa shape index (κ3) is 3.96. The van der Waals surface area contributed by atoms with Gasteiger partial charge in [0.1, 0.15) is 5.01 Å². The van der Waals surface area contributed by atoms with Crippen LogP contribution in [0.2, 0.25) is 0 Å². The summed E-state index contributed by atoms with van der Waals surface area (Å²) in [6, 6.07) is 11.0. The molecule has 7 nitrogen and oxygen atoms in total. The van der Waals surface area contributed by atoms with E-state index in [0.29, 0.717) is 23.9 Å². The van der Waals surface area contributed by atoms with E-state index in [-0.39, 0.29) is 17.7 Å². The van der Waals surface area contributed by atoms with E-state index in [2.05, 4.69) is 15.5 Å². The number of carbonyl (C=O) groups excluding carboxylic acids is 2. The van der Waals surface area contributed by atoms with Crippen LogP contribution in [-0.2, 0) is 0 Å². The van der Waals surface area contributed by atoms with Crippen LogP contribution in [0.5, 0.6) is 0 Å². The number of aromatic nitrogens is 2. The summed E-state index contributed by atoms with van der Waals surface area (Å²) in [4.78, 5) is 26.7. The molecule has 0 bridgehead atoms. The summed E-state index contributed by atoms with van der Waals surface area (Å²) in [6.07, 6.45) is 3.29. The number of piperidine rings is 1. The molecule has 1 aromatic carbocycles. The average molecular weight is 396 g/mol. The summed E-state index contributed by atoms with van der Waals surface area (Å²) in [5.41, 5.74) is 1.85. The van der Waals surface area contributed by atoms with Crippen molar-refractivity contribution < 1.29 is 14.0 Å². The number of benzene rings is 1. The Morgan fingerprint density at radius 2 is 2.04 bits per heavy atom. The molecular weight excluding hydrogens is 376 g/mol. The number of aryl methyl sites for hydroxylation is 1. The van der Waals surface area contributed by atoms with Gasteiger partial charge in [-0.2, -0.15) is 0 Å². The molecule has 1 aliphatic rings. The Bertz CT molecular complexity index is 966. The van der Waals surface area contributed by atoms with Gasteiger partial charge in [-0.25, -0.2) is 0 Å². The molecule has 0 radical (unpaired) electrons. The fourth-order valence-electron chi connectivity index (χ4n) is 3.23. The predicted octanol–water partition coefficient (Wildman–Crippen LogP) is 3.71. The minimum absolute atomic E-state index is 0.0751. The van der Waals surface area contributed by atoms with E-state index >= 15 is 0 Å². The molecule has 28 heavy (non-hydrogen) atoms. The molecule has 2 aromatic heterocycles. The molecule has 1 saturated heterocycles. The first-order valence-electron chi connectivity index (χ1n) is 9.14. The lowest BCUT2D eigenvalue weighted by molar-refractivity contribution is 0.0674. The summed E-state index contributed by atoms with van der Waals surface area (Å²) in [5, 5.41) is 12.2. The zero-order valence-corrected chi connectivity index (χ0v) is 16.2. The highest BCUT2D eigenvalue weighted by molar-refractivity contribution is 7.13. The summed E-state index contributed by atoms with van der Waals surface area (Å²) in [7, 11) is 0. The van der Waals surface area contributed by atoms with Crippen molar-refractivity contribution in [1.82, 2.24) is 15.1 Å². The topological polar surface area (TPSA) is 88.3 Å². The van der Waals surface area contributed by atoms with Crippen LogP contribution in [-0.4, -0.2) is 40.0 Å². The van der Waals surface area contributed by atoms with Crippen molar-refractivity contribution in [3.63, 3.8) is 0 Å². The predicted molar refractivity (Wildman–Crippen MR) is 106 cm³/mol. The summed E-state index contributed by atoms with van der Waals surface area (Å²) in [6.45, 7) is 3.23. The van der Waals surface area contributed by atoms with E-state index in [4.69, 9.17) is 4.42 Å². The first-order valence-corrected chi connectivity index (χ1v) is 9.96. The van der Waals surface area contributed by atoms with E-state index in [0.717, 1.165) is 29.1 Å². The first kappa shape index (κ1) is 18.4. The third-order valence-electron chi connectivity index (χ3n) is 4.73. The molecule has 1 fully saturated rings. The molecule has 1 atom stereocenters. The molecule has 0 unspecified atom stereocenters. The maximum Gasteiger partial charge on any atom is 0.289 e. The minimum Gasteiger partial charge on any atom is -0.459 e. The monoisotopic (exact) mass is 396 g/mol. The number of anilines is 1. The number of rotatable bonds is 4. The van der Waals surface area contributed by atoms with Gasteiger partial charge in [0.2, 0.25) is 5.01 Å². The number of likely N-dealkylation sites (tertiary alicyclic amines) is 1. The van der Waals surface area contributed by atoms with Crippen LogP contribution in [0.15, 0.2) is 47.1 Å². The standard InChI is InChI=1S/C20H20N4O3S/c1-13-6-8-15(9-7-13)21-17(25)19-23-22-18(28-19)14-4-2-10-24(12-14)20(26)16-5-3-11-27-16/h3,5-9,11,14H,2,4,10,12H2,1H3,(H,21,25)/t14-/m1/s1. The molecule has 0 aliphatic carbocycles. The summed E-state index contributed by atoms with van der Waals surface area (Å²) < 4.78 is 5.22. The van der Waals surface area contributed by atoms with Crippen LogP contribution in [0, 0.1) is 6.92 Å². The molecule has 8 heteroatoms. The van der Waals surface area contributed by atoms with Crippen molar-refractivity contribution in [2.24, 2.45) is 0 Å². The number of nitrogens with zero attached hydrogens (tertiary/aromatic N) is 3. The van der Waals surface area contributed by atoms with Crippen molar-refractivity contribution >= 4 is 28.8 Å². The Hall–Kier alpha value is -3.00. The Labute approximate surface area is 166 Å². The van der Waals surface area contributed by atoms with Crippen LogP contribution in [0.3, 0.4) is 0 Å². The fourth-order valence-corrected chi connectivity index (χ4v) is 4.10. The second-order valence-corrected chi connectivity index (χ2v) is 7.84. The summed E-state index contributed by atoms with van der Waals surface area (Å²) in [5.74, 6) is 0.0330. The lowest BCUT2D eigenvalue weighted by Gasteiger charge is -2.30. The van der Waals surface area contributed by atoms with E-state index in [1.807, 2.05) is 31.2 Å². The average Bonchev–Trinajstić information content (AvgIpc) is 3.41. The van der Waals surface area contributed by atoms with E-state index in [9.17, 15) is 9.59 Å². The summed E-state index contributed by atoms with van der Waals surface area (Å²) >= 11 is 1.29. The molecule has 1 N–H and O–H groups in total. The van der Waals surface area contributed by atoms with Gasteiger partial charge < -0.3 is 14.6 Å². The highest BCUT2D eigenvalue weighted by Gasteiger charge is 2.29. The first-order chi connectivity index (χ1) is 13.6. The zero-order chi connectivity index (χ0) is 19.5. The zero-order valence-electron chi connectivity index (χ0n) is 15.4. The van der Waals surface area contributed by atoms with Gasteiger partial charge in [0.25, 0.3) is 11.8 Å². The lowest BCUT2D eigenvalue weighted by Crippen LogP contribution is -2.38. The normalized spacial score (nSPS) is 16.8. The molecule has 3 heterocycles. The van der Waals surface area contributed by atoms with Gasteiger partial charge in [0.05, 0.1) is 6.26 Å². The van der Waals surface area contributed by atoms with Gasteiger partial charge in [-0.15, -0.1) is 10.2 Å². The quantitative estimate of drug-likeness (QED) is 0.726. The van der Waals surface area contributed by atoms with Crippen LogP contribution in [0.1, 0.15) is 49.7 Å².